The molecule has 0 fully saturated rings. The van der Waals surface area contributed by atoms with Crippen molar-refractivity contribution in [3.8, 4) is 5.75 Å². The van der Waals surface area contributed by atoms with Gasteiger partial charge in [0, 0.05) is 19.2 Å². The van der Waals surface area contributed by atoms with Gasteiger partial charge in [0.2, 0.25) is 15.9 Å². The third kappa shape index (κ3) is 7.67. The molecule has 6 nitrogen and oxygen atoms in total. The predicted octanol–water partition coefficient (Wildman–Crippen LogP) is 3.16. The van der Waals surface area contributed by atoms with E-state index in [0.29, 0.717) is 16.8 Å². The van der Waals surface area contributed by atoms with Gasteiger partial charge in [-0.1, -0.05) is 24.3 Å². The molecule has 2 N–H and O–H groups in total. The molecule has 0 radical (unpaired) electrons. The first kappa shape index (κ1) is 20.7. The summed E-state index contributed by atoms with van der Waals surface area (Å²) in [5.74, 6) is -1.07. The van der Waals surface area contributed by atoms with Gasteiger partial charge in [-0.2, -0.15) is 0 Å². The van der Waals surface area contributed by atoms with Gasteiger partial charge >= 0.3 is 6.36 Å². The van der Waals surface area contributed by atoms with Crippen molar-refractivity contribution in [2.45, 2.75) is 25.6 Å². The van der Waals surface area contributed by atoms with Gasteiger partial charge in [-0.15, -0.1) is 13.2 Å². The normalized spacial score (nSPS) is 11.9. The second-order valence-electron chi connectivity index (χ2n) is 5.65. The van der Waals surface area contributed by atoms with Gasteiger partial charge in [-0.05, 0) is 35.4 Å². The lowest BCUT2D eigenvalue weighted by atomic mass is 10.2. The Balaban J connectivity index is 1.96. The van der Waals surface area contributed by atoms with Crippen molar-refractivity contribution in [3.63, 3.8) is 0 Å². The Bertz CT molecular complexity index is 897. The molecule has 0 aliphatic heterocycles. The van der Waals surface area contributed by atoms with Crippen molar-refractivity contribution in [1.29, 1.82) is 0 Å². The van der Waals surface area contributed by atoms with Gasteiger partial charge in [0.1, 0.15) is 5.75 Å². The number of carbonyl (C=O) groups excluding carboxylic acids is 1. The highest BCUT2D eigenvalue weighted by molar-refractivity contribution is 7.88. The van der Waals surface area contributed by atoms with Crippen LogP contribution in [0.2, 0.25) is 0 Å². The van der Waals surface area contributed by atoms with Crippen LogP contribution in [0.3, 0.4) is 0 Å². The smallest absolute Gasteiger partial charge is 0.406 e. The second kappa shape index (κ2) is 8.40. The molecule has 2 aromatic rings. The highest BCUT2D eigenvalue weighted by Gasteiger charge is 2.31. The first-order valence-corrected chi connectivity index (χ1v) is 9.36. The lowest BCUT2D eigenvalue weighted by molar-refractivity contribution is -0.274. The molecule has 0 atom stereocenters. The maximum atomic E-state index is 12.2. The Kier molecular flexibility index (Phi) is 6.45. The lowest BCUT2D eigenvalue weighted by Crippen LogP contribution is -2.24. The highest BCUT2D eigenvalue weighted by Crippen LogP contribution is 2.23. The Morgan fingerprint density at radius 1 is 1.07 bits per heavy atom. The summed E-state index contributed by atoms with van der Waals surface area (Å²) in [5, 5.41) is 2.60. The topological polar surface area (TPSA) is 84.5 Å². The highest BCUT2D eigenvalue weighted by atomic mass is 32.2. The van der Waals surface area contributed by atoms with E-state index in [1.807, 2.05) is 0 Å². The summed E-state index contributed by atoms with van der Waals surface area (Å²) < 4.78 is 66.8. The number of sulfonamides is 1. The summed E-state index contributed by atoms with van der Waals surface area (Å²) in [6.07, 6.45) is -4.80. The number of alkyl halides is 3. The van der Waals surface area contributed by atoms with Crippen LogP contribution in [0.15, 0.2) is 48.5 Å². The van der Waals surface area contributed by atoms with Crippen LogP contribution in [0.1, 0.15) is 18.1 Å². The summed E-state index contributed by atoms with van der Waals surface area (Å²) in [7, 11) is -3.72. The van der Waals surface area contributed by atoms with E-state index in [-0.39, 0.29) is 12.5 Å². The SMILES string of the molecule is CC(=O)Nc1cccc(CNS(=O)(=O)Cc2ccc(OC(F)(F)F)cc2)c1. The Hall–Kier alpha value is -2.59. The van der Waals surface area contributed by atoms with Crippen molar-refractivity contribution < 1.29 is 31.1 Å². The van der Waals surface area contributed by atoms with E-state index in [1.165, 1.54) is 19.1 Å². The summed E-state index contributed by atoms with van der Waals surface area (Å²) in [5.41, 5.74) is 1.49. The second-order valence-corrected chi connectivity index (χ2v) is 7.46. The lowest BCUT2D eigenvalue weighted by Gasteiger charge is -2.10. The molecule has 0 saturated heterocycles. The van der Waals surface area contributed by atoms with Gasteiger partial charge in [0.05, 0.1) is 5.75 Å². The Labute approximate surface area is 154 Å². The van der Waals surface area contributed by atoms with E-state index in [2.05, 4.69) is 14.8 Å². The number of nitrogens with one attached hydrogen (secondary N) is 2. The maximum Gasteiger partial charge on any atom is 0.573 e. The molecular weight excluding hydrogens is 385 g/mol. The molecule has 0 aliphatic carbocycles. The molecule has 0 unspecified atom stereocenters. The van der Waals surface area contributed by atoms with Crippen molar-refractivity contribution in [2.24, 2.45) is 0 Å². The van der Waals surface area contributed by atoms with Crippen LogP contribution in [0.25, 0.3) is 0 Å². The molecule has 0 aliphatic rings. The van der Waals surface area contributed by atoms with Crippen LogP contribution in [0, 0.1) is 0 Å². The fourth-order valence-electron chi connectivity index (χ4n) is 2.21. The zero-order valence-electron chi connectivity index (χ0n) is 14.2. The fourth-order valence-corrected chi connectivity index (χ4v) is 3.33. The van der Waals surface area contributed by atoms with Gasteiger partial charge in [-0.25, -0.2) is 13.1 Å². The summed E-state index contributed by atoms with van der Waals surface area (Å²) in [6.45, 7) is 1.37. The summed E-state index contributed by atoms with van der Waals surface area (Å²) in [6, 6.07) is 11.3. The van der Waals surface area contributed by atoms with E-state index in [4.69, 9.17) is 0 Å². The number of hydrogen-bond acceptors (Lipinski definition) is 4. The number of amides is 1. The minimum atomic E-state index is -4.80. The van der Waals surface area contributed by atoms with Crippen LogP contribution in [-0.4, -0.2) is 20.7 Å². The molecule has 0 saturated carbocycles. The molecule has 2 aromatic carbocycles. The predicted molar refractivity (Wildman–Crippen MR) is 93.3 cm³/mol. The Morgan fingerprint density at radius 3 is 2.33 bits per heavy atom. The quantitative estimate of drug-likeness (QED) is 0.745. The monoisotopic (exact) mass is 402 g/mol. The fraction of sp³-hybridized carbons (Fsp3) is 0.235. The Morgan fingerprint density at radius 2 is 1.74 bits per heavy atom. The molecule has 0 aromatic heterocycles. The number of benzene rings is 2. The molecule has 10 heteroatoms. The molecule has 27 heavy (non-hydrogen) atoms. The van der Waals surface area contributed by atoms with E-state index in [9.17, 15) is 26.4 Å². The minimum Gasteiger partial charge on any atom is -0.406 e. The van der Waals surface area contributed by atoms with Crippen LogP contribution in [-0.2, 0) is 27.1 Å². The summed E-state index contributed by atoms with van der Waals surface area (Å²) in [4.78, 5) is 11.1. The van der Waals surface area contributed by atoms with Gasteiger partial charge in [-0.3, -0.25) is 4.79 Å². The van der Waals surface area contributed by atoms with Crippen molar-refractivity contribution in [3.05, 3.63) is 59.7 Å². The van der Waals surface area contributed by atoms with Crippen LogP contribution >= 0.6 is 0 Å². The van der Waals surface area contributed by atoms with Crippen LogP contribution in [0.4, 0.5) is 18.9 Å². The average molecular weight is 402 g/mol. The number of ether oxygens (including phenoxy) is 1. The van der Waals surface area contributed by atoms with E-state index in [0.717, 1.165) is 12.1 Å². The van der Waals surface area contributed by atoms with E-state index >= 15 is 0 Å². The number of rotatable bonds is 7. The standard InChI is InChI=1S/C17H17F3N2O4S/c1-12(23)22-15-4-2-3-14(9-15)10-21-27(24,25)11-13-5-7-16(8-6-13)26-17(18,19)20/h2-9,21H,10-11H2,1H3,(H,22,23). The zero-order chi connectivity index (χ0) is 20.1. The number of anilines is 1. The largest absolute Gasteiger partial charge is 0.573 e. The third-order valence-corrected chi connectivity index (χ3v) is 4.55. The molecule has 1 amide bonds. The molecule has 0 spiro atoms. The van der Waals surface area contributed by atoms with Gasteiger partial charge < -0.3 is 10.1 Å². The van der Waals surface area contributed by atoms with Crippen molar-refractivity contribution in [2.75, 3.05) is 5.32 Å². The van der Waals surface area contributed by atoms with Crippen LogP contribution < -0.4 is 14.8 Å². The number of carbonyl (C=O) groups is 1. The molecule has 146 valence electrons. The first-order chi connectivity index (χ1) is 12.5. The maximum absolute atomic E-state index is 12.2. The summed E-state index contributed by atoms with van der Waals surface area (Å²) >= 11 is 0. The minimum absolute atomic E-state index is 0.00499. The third-order valence-electron chi connectivity index (χ3n) is 3.26. The average Bonchev–Trinajstić information content (AvgIpc) is 2.53. The first-order valence-electron chi connectivity index (χ1n) is 7.71. The molecule has 0 heterocycles. The van der Waals surface area contributed by atoms with E-state index < -0.39 is 27.9 Å². The van der Waals surface area contributed by atoms with E-state index in [1.54, 1.807) is 24.3 Å². The molecule has 2 rings (SSSR count). The van der Waals surface area contributed by atoms with Crippen LogP contribution in [0.5, 0.6) is 5.75 Å². The van der Waals surface area contributed by atoms with Crippen molar-refractivity contribution in [1.82, 2.24) is 4.72 Å². The molecule has 0 bridgehead atoms. The molecular formula is C17H17F3N2O4S. The van der Waals surface area contributed by atoms with Gasteiger partial charge in [0.25, 0.3) is 0 Å². The number of hydrogen-bond donors (Lipinski definition) is 2. The number of halogens is 3. The van der Waals surface area contributed by atoms with Crippen molar-refractivity contribution >= 4 is 21.6 Å². The zero-order valence-corrected chi connectivity index (χ0v) is 15.0. The van der Waals surface area contributed by atoms with Gasteiger partial charge in [0.15, 0.2) is 0 Å².